The molecule has 1 aromatic heterocycles. The van der Waals surface area contributed by atoms with E-state index in [-0.39, 0.29) is 77.5 Å². The Labute approximate surface area is 341 Å². The first-order valence-corrected chi connectivity index (χ1v) is 16.3. The zero-order valence-corrected chi connectivity index (χ0v) is 27.2. The van der Waals surface area contributed by atoms with Gasteiger partial charge in [-0.2, -0.15) is 0 Å². The van der Waals surface area contributed by atoms with E-state index in [2.05, 4.69) is 0 Å². The van der Waals surface area contributed by atoms with Gasteiger partial charge in [0.15, 0.2) is 0 Å². The Morgan fingerprint density at radius 2 is 0.849 bits per heavy atom. The van der Waals surface area contributed by atoms with Gasteiger partial charge in [-0.3, -0.25) is 4.57 Å². The van der Waals surface area contributed by atoms with Crippen molar-refractivity contribution < 1.29 is 31.5 Å². The maximum absolute atomic E-state index is 9.70. The minimum Gasteiger partial charge on any atom is -0.292 e. The second kappa shape index (κ2) is 12.9. The zero-order chi connectivity index (χ0) is 55.2. The first-order valence-electron chi connectivity index (χ1n) is 27.8. The molecule has 1 heterocycles. The average molecular weight is 698 g/mol. The SMILES string of the molecule is [2H]c1c([2H])c([2H])c(-c2cc(-c3c([2H])c([2H])c([2H])c([2H])c3[2H])cc(-c3c4c([2H])c([2H])c([2H])c([2H])c4c(-c4ccccc4-c4nc5ccccc5n4-c4c([2H])c([2H])c([2H])c([2H])c4[2H])c4c([2H])c([2H])c([2H])c([2H])c34)c2)c([2H])c1[2H]. The maximum atomic E-state index is 9.70. The molecule has 248 valence electrons. The molecule has 53 heavy (non-hydrogen) atoms. The van der Waals surface area contributed by atoms with Crippen molar-refractivity contribution in [3.8, 4) is 61.6 Å². The van der Waals surface area contributed by atoms with E-state index in [1.807, 2.05) is 0 Å². The highest BCUT2D eigenvalue weighted by molar-refractivity contribution is 6.22. The molecule has 0 atom stereocenters. The van der Waals surface area contributed by atoms with Crippen LogP contribution in [0.3, 0.4) is 0 Å². The monoisotopic (exact) mass is 697 g/mol. The Morgan fingerprint density at radius 1 is 0.396 bits per heavy atom. The van der Waals surface area contributed by atoms with Crippen molar-refractivity contribution in [2.24, 2.45) is 0 Å². The number of para-hydroxylation sites is 3. The van der Waals surface area contributed by atoms with Crippen molar-refractivity contribution in [3.63, 3.8) is 0 Å². The molecule has 0 unspecified atom stereocenters. The summed E-state index contributed by atoms with van der Waals surface area (Å²) in [4.78, 5) is 4.91. The standard InChI is InChI=1S/C51H34N2/c1-4-18-35(19-5-1)37-32-38(36-20-6-2-7-21-36)34-39(33-37)49-41-24-10-12-26-43(41)50(44-27-13-11-25-42(44)49)45-28-14-15-29-46(45)51-52-47-30-16-17-31-48(47)53(51)40-22-8-3-9-23-40/h1-34H/i1D,2D,3D,4D,5D,6D,7D,8D,9D,10D,11D,12D,13D,18D,19D,20D,21D,22D,23D,24D,25D,26D,27D. The molecule has 10 rings (SSSR count). The fraction of sp³-hybridized carbons (Fsp3) is 0. The van der Waals surface area contributed by atoms with E-state index in [0.29, 0.717) is 5.52 Å². The number of hydrogen-bond donors (Lipinski definition) is 0. The minimum absolute atomic E-state index is 0.0377. The second-order valence-corrected chi connectivity index (χ2v) is 11.8. The summed E-state index contributed by atoms with van der Waals surface area (Å²) in [5, 5.41) is -1.38. The summed E-state index contributed by atoms with van der Waals surface area (Å²) in [5.41, 5.74) is -1.53. The van der Waals surface area contributed by atoms with Crippen molar-refractivity contribution in [2.75, 3.05) is 0 Å². The van der Waals surface area contributed by atoms with Crippen LogP contribution in [0.1, 0.15) is 31.5 Å². The highest BCUT2D eigenvalue weighted by Gasteiger charge is 2.22. The lowest BCUT2D eigenvalue weighted by atomic mass is 9.83. The summed E-state index contributed by atoms with van der Waals surface area (Å²) < 4.78 is 207. The van der Waals surface area contributed by atoms with Crippen LogP contribution in [0.2, 0.25) is 0 Å². The van der Waals surface area contributed by atoms with Crippen molar-refractivity contribution in [1.29, 1.82) is 0 Å². The molecule has 0 bridgehead atoms. The molecule has 0 fully saturated rings. The van der Waals surface area contributed by atoms with E-state index in [1.54, 1.807) is 42.5 Å². The molecule has 2 nitrogen and oxygen atoms in total. The number of rotatable bonds is 6. The molecular weight excluding hydrogens is 641 g/mol. The van der Waals surface area contributed by atoms with Crippen molar-refractivity contribution in [1.82, 2.24) is 9.55 Å². The predicted molar refractivity (Wildman–Crippen MR) is 223 cm³/mol. The van der Waals surface area contributed by atoms with Crippen LogP contribution in [0.25, 0.3) is 94.2 Å². The van der Waals surface area contributed by atoms with Crippen LogP contribution in [0, 0.1) is 0 Å². The van der Waals surface area contributed by atoms with Gasteiger partial charge in [-0.25, -0.2) is 4.98 Å². The molecule has 0 N–H and O–H groups in total. The summed E-state index contributed by atoms with van der Waals surface area (Å²) in [6.45, 7) is 0. The number of aromatic nitrogens is 2. The topological polar surface area (TPSA) is 17.8 Å². The lowest BCUT2D eigenvalue weighted by Gasteiger charge is -2.20. The summed E-state index contributed by atoms with van der Waals surface area (Å²) >= 11 is 0. The molecule has 0 saturated heterocycles. The molecule has 10 aromatic rings. The molecule has 0 aliphatic carbocycles. The quantitative estimate of drug-likeness (QED) is 0.158. The smallest absolute Gasteiger partial charge is 0.146 e. The van der Waals surface area contributed by atoms with Crippen LogP contribution in [0.15, 0.2) is 206 Å². The van der Waals surface area contributed by atoms with Gasteiger partial charge in [-0.1, -0.05) is 163 Å². The van der Waals surface area contributed by atoms with Gasteiger partial charge in [0.2, 0.25) is 0 Å². The number of fused-ring (bicyclic) bond motifs is 3. The van der Waals surface area contributed by atoms with Gasteiger partial charge < -0.3 is 0 Å². The maximum Gasteiger partial charge on any atom is 0.146 e. The summed E-state index contributed by atoms with van der Waals surface area (Å²) in [5.74, 6) is -0.0445. The van der Waals surface area contributed by atoms with Crippen molar-refractivity contribution >= 4 is 32.6 Å². The van der Waals surface area contributed by atoms with Gasteiger partial charge >= 0.3 is 0 Å². The molecule has 0 aliphatic rings. The normalized spacial score (nSPS) is 17.5. The second-order valence-electron chi connectivity index (χ2n) is 11.8. The largest absolute Gasteiger partial charge is 0.292 e. The van der Waals surface area contributed by atoms with Crippen LogP contribution < -0.4 is 0 Å². The Hall–Kier alpha value is -7.03. The van der Waals surface area contributed by atoms with Gasteiger partial charge in [0.25, 0.3) is 0 Å². The third-order valence-corrected chi connectivity index (χ3v) is 8.88. The Morgan fingerprint density at radius 3 is 1.43 bits per heavy atom. The number of hydrogen-bond acceptors (Lipinski definition) is 1. The van der Waals surface area contributed by atoms with E-state index >= 15 is 0 Å². The number of benzene rings is 9. The number of nitrogens with zero attached hydrogens (tertiary/aromatic N) is 2. The van der Waals surface area contributed by atoms with E-state index in [1.165, 1.54) is 28.8 Å². The molecule has 2 heteroatoms. The average Bonchev–Trinajstić information content (AvgIpc) is 3.82. The first kappa shape index (κ1) is 15.3. The molecule has 0 spiro atoms. The third-order valence-electron chi connectivity index (χ3n) is 8.88. The first-order chi connectivity index (χ1) is 35.8. The lowest BCUT2D eigenvalue weighted by Crippen LogP contribution is -1.99. The molecule has 0 radical (unpaired) electrons. The van der Waals surface area contributed by atoms with E-state index in [0.717, 1.165) is 0 Å². The van der Waals surface area contributed by atoms with Gasteiger partial charge in [-0.05, 0) is 108 Å². The predicted octanol–water partition coefficient (Wildman–Crippen LogP) is 13.7. The van der Waals surface area contributed by atoms with Crippen LogP contribution in [-0.2, 0) is 0 Å². The Balaban J connectivity index is 1.45. The Kier molecular flexibility index (Phi) is 3.73. The molecule has 9 aromatic carbocycles. The number of imidazole rings is 1. The van der Waals surface area contributed by atoms with Crippen LogP contribution in [-0.4, -0.2) is 9.55 Å². The minimum atomic E-state index is -0.797. The molecule has 0 amide bonds. The fourth-order valence-electron chi connectivity index (χ4n) is 6.72. The van der Waals surface area contributed by atoms with Crippen LogP contribution in [0.5, 0.6) is 0 Å². The van der Waals surface area contributed by atoms with Gasteiger partial charge in [0.1, 0.15) is 5.82 Å². The van der Waals surface area contributed by atoms with E-state index < -0.39 is 150 Å². The van der Waals surface area contributed by atoms with Gasteiger partial charge in [0.05, 0.1) is 42.6 Å². The molecular formula is C51H34N2. The highest BCUT2D eigenvalue weighted by Crippen LogP contribution is 2.47. The van der Waals surface area contributed by atoms with Crippen LogP contribution in [0.4, 0.5) is 0 Å². The summed E-state index contributed by atoms with van der Waals surface area (Å²) in [6.07, 6.45) is 0. The van der Waals surface area contributed by atoms with Gasteiger partial charge in [0, 0.05) is 11.3 Å². The molecule has 0 aliphatic heterocycles. The molecule has 0 saturated carbocycles. The van der Waals surface area contributed by atoms with Crippen molar-refractivity contribution in [3.05, 3.63) is 206 Å². The zero-order valence-electron chi connectivity index (χ0n) is 50.2. The van der Waals surface area contributed by atoms with Gasteiger partial charge in [-0.15, -0.1) is 0 Å². The van der Waals surface area contributed by atoms with E-state index in [9.17, 15) is 5.48 Å². The summed E-state index contributed by atoms with van der Waals surface area (Å²) in [7, 11) is 0. The third kappa shape index (κ3) is 5.32. The van der Waals surface area contributed by atoms with E-state index in [4.69, 9.17) is 31.0 Å². The lowest BCUT2D eigenvalue weighted by molar-refractivity contribution is 1.10. The fourth-order valence-corrected chi connectivity index (χ4v) is 6.72. The van der Waals surface area contributed by atoms with Crippen LogP contribution >= 0.6 is 0 Å². The van der Waals surface area contributed by atoms with Crippen molar-refractivity contribution in [2.45, 2.75) is 0 Å². The Bertz CT molecular complexity index is 4020. The summed E-state index contributed by atoms with van der Waals surface area (Å²) in [6, 6.07) is -0.0657. The highest BCUT2D eigenvalue weighted by atomic mass is 15.1.